The number of hydrogen-bond acceptors (Lipinski definition) is 7. The number of hydrogen-bond donors (Lipinski definition) is 1. The normalized spacial score (nSPS) is 22.5. The first kappa shape index (κ1) is 24.3. The minimum atomic E-state index is -2.66. The Balaban J connectivity index is 1.19. The van der Waals surface area contributed by atoms with E-state index in [-0.39, 0.29) is 12.1 Å². The fourth-order valence-corrected chi connectivity index (χ4v) is 6.82. The molecule has 0 saturated carbocycles. The van der Waals surface area contributed by atoms with Crippen LogP contribution < -0.4 is 10.2 Å². The van der Waals surface area contributed by atoms with E-state index in [4.69, 9.17) is 35.4 Å². The van der Waals surface area contributed by atoms with Crippen LogP contribution >= 0.6 is 11.6 Å². The van der Waals surface area contributed by atoms with Gasteiger partial charge < -0.3 is 24.4 Å². The van der Waals surface area contributed by atoms with E-state index >= 15 is 0 Å². The molecule has 10 nitrogen and oxygen atoms in total. The van der Waals surface area contributed by atoms with E-state index in [1.165, 1.54) is 0 Å². The Hall–Kier alpha value is -4.18. The van der Waals surface area contributed by atoms with Crippen molar-refractivity contribution in [2.24, 2.45) is 0 Å². The average molecular weight is 603 g/mol. The van der Waals surface area contributed by atoms with E-state index in [2.05, 4.69) is 10.2 Å². The Morgan fingerprint density at radius 2 is 1.98 bits per heavy atom. The molecule has 1 saturated heterocycles. The summed E-state index contributed by atoms with van der Waals surface area (Å²) in [6, 6.07) is 9.84. The lowest BCUT2D eigenvalue weighted by Gasteiger charge is -2.26. The summed E-state index contributed by atoms with van der Waals surface area (Å²) in [4.78, 5) is 43.1. The molecule has 2 aromatic heterocycles. The minimum Gasteiger partial charge on any atom is -0.444 e. The smallest absolute Gasteiger partial charge is 0.407 e. The summed E-state index contributed by atoms with van der Waals surface area (Å²) in [5, 5.41) is 3.28. The summed E-state index contributed by atoms with van der Waals surface area (Å²) in [5.41, 5.74) is 3.52. The SMILES string of the molecule is [2H]C([2H])([2H])N1C(=O)c2cccc(Cl)c2[C@H]2C[C@@H]1c1nc3ccc(-c4cnc(N5CCC[C@@H]5CNC(=O)OC(C)(C)C)nc4)cc3n12. The van der Waals surface area contributed by atoms with Crippen LogP contribution in [-0.2, 0) is 4.74 Å². The Morgan fingerprint density at radius 3 is 2.74 bits per heavy atom. The summed E-state index contributed by atoms with van der Waals surface area (Å²) in [7, 11) is 0. The molecule has 0 spiro atoms. The largest absolute Gasteiger partial charge is 0.444 e. The summed E-state index contributed by atoms with van der Waals surface area (Å²) >= 11 is 6.69. The Kier molecular flexibility index (Phi) is 5.77. The van der Waals surface area contributed by atoms with Gasteiger partial charge in [-0.2, -0.15) is 0 Å². The molecule has 3 aliphatic rings. The highest BCUT2D eigenvalue weighted by molar-refractivity contribution is 6.32. The maximum Gasteiger partial charge on any atom is 0.407 e. The number of anilines is 1. The fraction of sp³-hybridized carbons (Fsp3) is 0.406. The molecule has 1 N–H and O–H groups in total. The van der Waals surface area contributed by atoms with Gasteiger partial charge in [-0.3, -0.25) is 4.79 Å². The highest BCUT2D eigenvalue weighted by atomic mass is 35.5. The number of benzene rings is 2. The number of ether oxygens (including phenoxy) is 1. The van der Waals surface area contributed by atoms with Gasteiger partial charge in [0.2, 0.25) is 5.95 Å². The number of fused-ring (bicyclic) bond motifs is 9. The van der Waals surface area contributed by atoms with Gasteiger partial charge >= 0.3 is 6.09 Å². The molecule has 3 atom stereocenters. The molecular formula is C32H34ClN7O3. The molecule has 222 valence electrons. The van der Waals surface area contributed by atoms with Gasteiger partial charge in [0.1, 0.15) is 11.4 Å². The van der Waals surface area contributed by atoms with Crippen LogP contribution in [0.15, 0.2) is 48.8 Å². The average Bonchev–Trinajstić information content (AvgIpc) is 3.67. The zero-order valence-electron chi connectivity index (χ0n) is 27.2. The van der Waals surface area contributed by atoms with Gasteiger partial charge in [0.25, 0.3) is 5.91 Å². The maximum absolute atomic E-state index is 13.6. The Morgan fingerprint density at radius 1 is 1.16 bits per heavy atom. The predicted octanol–water partition coefficient (Wildman–Crippen LogP) is 5.76. The first-order valence-corrected chi connectivity index (χ1v) is 14.9. The van der Waals surface area contributed by atoms with E-state index in [9.17, 15) is 9.59 Å². The summed E-state index contributed by atoms with van der Waals surface area (Å²) in [6.45, 7) is 4.06. The summed E-state index contributed by atoms with van der Waals surface area (Å²) in [6.07, 6.45) is 5.36. The molecule has 4 aromatic rings. The van der Waals surface area contributed by atoms with Crippen LogP contribution in [-0.4, -0.2) is 68.1 Å². The Bertz CT molecular complexity index is 1850. The third kappa shape index (κ3) is 4.77. The molecule has 11 heteroatoms. The van der Waals surface area contributed by atoms with Crippen LogP contribution in [0.4, 0.5) is 10.7 Å². The molecule has 0 radical (unpaired) electrons. The first-order chi connectivity index (χ1) is 21.8. The van der Waals surface area contributed by atoms with Gasteiger partial charge in [0.15, 0.2) is 0 Å². The van der Waals surface area contributed by atoms with Crippen molar-refractivity contribution in [1.29, 1.82) is 0 Å². The number of carbonyl (C=O) groups is 2. The number of carbonyl (C=O) groups excluding carboxylic acids is 2. The van der Waals surface area contributed by atoms with E-state index in [1.807, 2.05) is 43.5 Å². The second-order valence-corrected chi connectivity index (χ2v) is 12.7. The number of alkyl carbamates (subject to hydrolysis) is 1. The van der Waals surface area contributed by atoms with Crippen molar-refractivity contribution in [1.82, 2.24) is 29.7 Å². The summed E-state index contributed by atoms with van der Waals surface area (Å²) < 4.78 is 32.1. The number of nitrogens with one attached hydrogen (secondary N) is 1. The van der Waals surface area contributed by atoms with Crippen LogP contribution in [0.1, 0.15) is 78.0 Å². The minimum absolute atomic E-state index is 0.0589. The molecule has 0 unspecified atom stereocenters. The van der Waals surface area contributed by atoms with Crippen LogP contribution in [0.2, 0.25) is 5.02 Å². The highest BCUT2D eigenvalue weighted by Gasteiger charge is 2.44. The number of amides is 2. The lowest BCUT2D eigenvalue weighted by atomic mass is 9.98. The Labute approximate surface area is 259 Å². The lowest BCUT2D eigenvalue weighted by Crippen LogP contribution is -2.42. The number of halogens is 1. The van der Waals surface area contributed by atoms with Crippen molar-refractivity contribution < 1.29 is 18.4 Å². The molecule has 2 aromatic carbocycles. The van der Waals surface area contributed by atoms with E-state index < -0.39 is 30.6 Å². The molecule has 2 bridgehead atoms. The molecular weight excluding hydrogens is 566 g/mol. The van der Waals surface area contributed by atoms with Crippen molar-refractivity contribution >= 4 is 40.6 Å². The van der Waals surface area contributed by atoms with Crippen LogP contribution in [0, 0.1) is 0 Å². The van der Waals surface area contributed by atoms with E-state index in [0.29, 0.717) is 46.4 Å². The van der Waals surface area contributed by atoms with Crippen molar-refractivity contribution in [3.63, 3.8) is 0 Å². The standard InChI is InChI=1S/C32H34ClN7O3/c1-32(2,3)43-31(42)36-17-20-7-6-12-39(20)30-34-15-19(16-35-30)18-10-11-23-24(13-18)40-25-14-26(28(40)37-23)38(4)29(41)21-8-5-9-22(33)27(21)25/h5,8-11,13,15-16,20,25-26H,6-7,12,14,17H2,1-4H3,(H,36,42)/t20-,25-,26-/m1/s1/i4D3. The van der Waals surface area contributed by atoms with Crippen LogP contribution in [0.5, 0.6) is 0 Å². The van der Waals surface area contributed by atoms with E-state index in [1.54, 1.807) is 30.6 Å². The fourth-order valence-electron chi connectivity index (χ4n) is 6.52. The second-order valence-electron chi connectivity index (χ2n) is 12.3. The van der Waals surface area contributed by atoms with Gasteiger partial charge in [-0.1, -0.05) is 23.7 Å². The highest BCUT2D eigenvalue weighted by Crippen LogP contribution is 2.49. The molecule has 43 heavy (non-hydrogen) atoms. The van der Waals surface area contributed by atoms with Crippen LogP contribution in [0.25, 0.3) is 22.2 Å². The monoisotopic (exact) mass is 602 g/mol. The first-order valence-electron chi connectivity index (χ1n) is 16.0. The van der Waals surface area contributed by atoms with Gasteiger partial charge in [0, 0.05) is 70.7 Å². The van der Waals surface area contributed by atoms with Crippen molar-refractivity contribution in [3.8, 4) is 11.1 Å². The van der Waals surface area contributed by atoms with Gasteiger partial charge in [-0.05, 0) is 63.4 Å². The number of rotatable bonds is 4. The van der Waals surface area contributed by atoms with Crippen molar-refractivity contribution in [2.45, 2.75) is 63.8 Å². The van der Waals surface area contributed by atoms with Gasteiger partial charge in [-0.15, -0.1) is 0 Å². The lowest BCUT2D eigenvalue weighted by molar-refractivity contribution is 0.0524. The third-order valence-electron chi connectivity index (χ3n) is 8.41. The maximum atomic E-state index is 13.6. The number of imidazole rings is 1. The molecule has 5 heterocycles. The zero-order chi connectivity index (χ0) is 32.5. The molecule has 7 rings (SSSR count). The van der Waals surface area contributed by atoms with Crippen molar-refractivity contribution in [2.75, 3.05) is 25.0 Å². The molecule has 1 fully saturated rings. The molecule has 0 aliphatic carbocycles. The van der Waals surface area contributed by atoms with Gasteiger partial charge in [-0.25, -0.2) is 19.7 Å². The van der Waals surface area contributed by atoms with Gasteiger partial charge in [0.05, 0.1) is 23.1 Å². The van der Waals surface area contributed by atoms with E-state index in [0.717, 1.165) is 40.9 Å². The number of aromatic nitrogens is 4. The second kappa shape index (κ2) is 10.2. The van der Waals surface area contributed by atoms with Crippen LogP contribution in [0.3, 0.4) is 0 Å². The number of nitrogens with zero attached hydrogens (tertiary/aromatic N) is 6. The predicted molar refractivity (Wildman–Crippen MR) is 164 cm³/mol. The molecule has 3 aliphatic heterocycles. The zero-order valence-corrected chi connectivity index (χ0v) is 24.9. The summed E-state index contributed by atoms with van der Waals surface area (Å²) in [5.74, 6) is 0.551. The molecule has 2 amide bonds. The van der Waals surface area contributed by atoms with Crippen molar-refractivity contribution in [3.05, 3.63) is 70.8 Å². The quantitative estimate of drug-likeness (QED) is 0.317. The topological polar surface area (TPSA) is 105 Å². The third-order valence-corrected chi connectivity index (χ3v) is 8.74.